The molecule has 6 nitrogen and oxygen atoms in total. The lowest BCUT2D eigenvalue weighted by molar-refractivity contribution is -1.02. The third kappa shape index (κ3) is 4.16. The molecule has 2 aliphatic rings. The summed E-state index contributed by atoms with van der Waals surface area (Å²) in [7, 11) is 0. The Bertz CT molecular complexity index is 952. The summed E-state index contributed by atoms with van der Waals surface area (Å²) in [6.45, 7) is 5.39. The Hall–Kier alpha value is -2.38. The Labute approximate surface area is 174 Å². The van der Waals surface area contributed by atoms with Gasteiger partial charge >= 0.3 is 0 Å². The summed E-state index contributed by atoms with van der Waals surface area (Å²) in [5, 5.41) is 20.1. The van der Waals surface area contributed by atoms with E-state index in [4.69, 9.17) is 21.4 Å². The van der Waals surface area contributed by atoms with Crippen LogP contribution in [0.3, 0.4) is 0 Å². The van der Waals surface area contributed by atoms with Gasteiger partial charge in [0, 0.05) is 5.02 Å². The molecule has 0 amide bonds. The number of Topliss-reactive ketones (excluding diaryl/α,β-unsaturated/α-hetero) is 1. The van der Waals surface area contributed by atoms with Gasteiger partial charge in [-0.05, 0) is 29.8 Å². The van der Waals surface area contributed by atoms with Crippen molar-refractivity contribution in [2.75, 3.05) is 39.3 Å². The highest BCUT2D eigenvalue weighted by molar-refractivity contribution is 6.32. The molecule has 2 aromatic carbocycles. The molecule has 0 unspecified atom stereocenters. The maximum Gasteiger partial charge on any atom is 0.231 e. The minimum absolute atomic E-state index is 0.146. The molecular formula is C22H25ClN2O4+2. The lowest BCUT2D eigenvalue weighted by atomic mass is 10.0. The summed E-state index contributed by atoms with van der Waals surface area (Å²) in [5.74, 6) is 0.611. The number of halogens is 1. The second kappa shape index (κ2) is 8.55. The summed E-state index contributed by atoms with van der Waals surface area (Å²) in [6, 6.07) is 10.5. The van der Waals surface area contributed by atoms with Gasteiger partial charge in [-0.3, -0.25) is 4.79 Å². The number of rotatable bonds is 5. The molecule has 7 heteroatoms. The van der Waals surface area contributed by atoms with E-state index in [0.717, 1.165) is 32.7 Å². The number of allylic oxidation sites excluding steroid dienone is 1. The fourth-order valence-corrected chi connectivity index (χ4v) is 4.18. The van der Waals surface area contributed by atoms with Crippen molar-refractivity contribution in [3.8, 4) is 11.5 Å². The van der Waals surface area contributed by atoms with Crippen molar-refractivity contribution in [2.24, 2.45) is 0 Å². The average molecular weight is 417 g/mol. The van der Waals surface area contributed by atoms with Gasteiger partial charge in [-0.2, -0.15) is 0 Å². The number of phenolic OH excluding ortho intramolecular Hbond substituents is 1. The van der Waals surface area contributed by atoms with Crippen LogP contribution in [0, 0.1) is 0 Å². The Balaban J connectivity index is 1.56. The molecule has 1 saturated heterocycles. The number of piperazine rings is 1. The molecule has 2 heterocycles. The Morgan fingerprint density at radius 3 is 2.52 bits per heavy atom. The van der Waals surface area contributed by atoms with Crippen molar-refractivity contribution >= 4 is 23.5 Å². The van der Waals surface area contributed by atoms with Crippen LogP contribution in [0.15, 0.2) is 42.2 Å². The molecule has 0 spiro atoms. The van der Waals surface area contributed by atoms with E-state index in [2.05, 4.69) is 0 Å². The van der Waals surface area contributed by atoms with E-state index in [0.29, 0.717) is 34.0 Å². The third-order valence-corrected chi connectivity index (χ3v) is 6.01. The molecule has 0 atom stereocenters. The van der Waals surface area contributed by atoms with E-state index in [1.54, 1.807) is 24.3 Å². The van der Waals surface area contributed by atoms with Crippen LogP contribution in [0.5, 0.6) is 11.5 Å². The summed E-state index contributed by atoms with van der Waals surface area (Å²) < 4.78 is 5.93. The highest BCUT2D eigenvalue weighted by Gasteiger charge is 2.33. The van der Waals surface area contributed by atoms with Crippen LogP contribution in [-0.2, 0) is 6.54 Å². The standard InChI is InChI=1S/C22H23ClN2O4/c23-18-4-2-1-3-15(18)13-20-21(28)16-5-6-19(27)17(22(16)29-20)14-25-9-7-24(8-10-25)11-12-26/h1-6,13,26-27H,7-12,14H2/p+2/b20-13-. The van der Waals surface area contributed by atoms with Gasteiger partial charge in [0.15, 0.2) is 11.5 Å². The van der Waals surface area contributed by atoms with Crippen LogP contribution in [0.1, 0.15) is 21.5 Å². The first-order valence-electron chi connectivity index (χ1n) is 9.88. The number of aromatic hydroxyl groups is 1. The van der Waals surface area contributed by atoms with Crippen molar-refractivity contribution in [1.82, 2.24) is 0 Å². The number of quaternary nitrogens is 2. The van der Waals surface area contributed by atoms with E-state index in [1.165, 1.54) is 9.80 Å². The first kappa shape index (κ1) is 19.9. The predicted octanol–water partition coefficient (Wildman–Crippen LogP) is -0.0625. The number of fused-ring (bicyclic) bond motifs is 1. The van der Waals surface area contributed by atoms with E-state index >= 15 is 0 Å². The first-order valence-corrected chi connectivity index (χ1v) is 10.3. The fraction of sp³-hybridized carbons (Fsp3) is 0.318. The van der Waals surface area contributed by atoms with Crippen LogP contribution in [0.4, 0.5) is 0 Å². The molecule has 1 fully saturated rings. The van der Waals surface area contributed by atoms with Crippen LogP contribution in [0.2, 0.25) is 5.02 Å². The molecule has 29 heavy (non-hydrogen) atoms. The second-order valence-corrected chi connectivity index (χ2v) is 7.96. The van der Waals surface area contributed by atoms with Crippen molar-refractivity contribution in [3.05, 3.63) is 63.9 Å². The Morgan fingerprint density at radius 2 is 1.79 bits per heavy atom. The normalized spacial score (nSPS) is 22.6. The van der Waals surface area contributed by atoms with Crippen molar-refractivity contribution < 1.29 is 29.5 Å². The maximum atomic E-state index is 12.8. The SMILES string of the molecule is O=C1/C(=C/c2ccccc2Cl)Oc2c1ccc(O)c2C[NH+]1CC[NH+](CCO)CC1. The lowest BCUT2D eigenvalue weighted by Crippen LogP contribution is -3.27. The Kier molecular flexibility index (Phi) is 5.87. The number of ether oxygens (including phenoxy) is 1. The number of phenols is 1. The zero-order chi connectivity index (χ0) is 20.4. The van der Waals surface area contributed by atoms with Crippen LogP contribution < -0.4 is 14.5 Å². The second-order valence-electron chi connectivity index (χ2n) is 7.55. The number of ketones is 1. The smallest absolute Gasteiger partial charge is 0.231 e. The molecule has 152 valence electrons. The molecule has 2 aromatic rings. The maximum absolute atomic E-state index is 12.8. The van der Waals surface area contributed by atoms with Crippen LogP contribution in [-0.4, -0.2) is 55.3 Å². The molecule has 0 radical (unpaired) electrons. The quantitative estimate of drug-likeness (QED) is 0.515. The molecule has 0 aromatic heterocycles. The van der Waals surface area contributed by atoms with Crippen LogP contribution in [0.25, 0.3) is 6.08 Å². The average Bonchev–Trinajstić information content (AvgIpc) is 3.03. The Morgan fingerprint density at radius 1 is 1.07 bits per heavy atom. The minimum Gasteiger partial charge on any atom is -0.507 e. The summed E-state index contributed by atoms with van der Waals surface area (Å²) in [6.07, 6.45) is 1.65. The highest BCUT2D eigenvalue weighted by Crippen LogP contribution is 2.39. The van der Waals surface area contributed by atoms with Gasteiger partial charge in [0.2, 0.25) is 5.78 Å². The summed E-state index contributed by atoms with van der Waals surface area (Å²) in [4.78, 5) is 15.6. The topological polar surface area (TPSA) is 75.6 Å². The number of aliphatic hydroxyl groups is 1. The van der Waals surface area contributed by atoms with Gasteiger partial charge in [0.25, 0.3) is 0 Å². The number of hydrogen-bond donors (Lipinski definition) is 4. The molecule has 4 N–H and O–H groups in total. The van der Waals surface area contributed by atoms with E-state index in [1.807, 2.05) is 18.2 Å². The van der Waals surface area contributed by atoms with Gasteiger partial charge in [-0.25, -0.2) is 0 Å². The minimum atomic E-state index is -0.201. The van der Waals surface area contributed by atoms with E-state index < -0.39 is 0 Å². The number of nitrogens with one attached hydrogen (secondary N) is 2. The largest absolute Gasteiger partial charge is 0.507 e. The van der Waals surface area contributed by atoms with Crippen LogP contribution >= 0.6 is 11.6 Å². The highest BCUT2D eigenvalue weighted by atomic mass is 35.5. The number of carbonyl (C=O) groups is 1. The van der Waals surface area contributed by atoms with Crippen molar-refractivity contribution in [3.63, 3.8) is 0 Å². The zero-order valence-electron chi connectivity index (χ0n) is 16.1. The molecule has 0 bridgehead atoms. The van der Waals surface area contributed by atoms with Gasteiger partial charge in [-0.1, -0.05) is 29.8 Å². The molecular weight excluding hydrogens is 392 g/mol. The summed E-state index contributed by atoms with van der Waals surface area (Å²) in [5.41, 5.74) is 1.85. The number of benzene rings is 2. The molecule has 0 aliphatic carbocycles. The monoisotopic (exact) mass is 416 g/mol. The number of hydrogen-bond acceptors (Lipinski definition) is 4. The van der Waals surface area contributed by atoms with Crippen molar-refractivity contribution in [1.29, 1.82) is 0 Å². The molecule has 4 rings (SSSR count). The first-order chi connectivity index (χ1) is 14.1. The molecule has 0 saturated carbocycles. The summed E-state index contributed by atoms with van der Waals surface area (Å²) >= 11 is 6.21. The fourth-order valence-electron chi connectivity index (χ4n) is 3.99. The van der Waals surface area contributed by atoms with Gasteiger partial charge < -0.3 is 24.7 Å². The van der Waals surface area contributed by atoms with E-state index in [9.17, 15) is 9.90 Å². The zero-order valence-corrected chi connectivity index (χ0v) is 16.8. The third-order valence-electron chi connectivity index (χ3n) is 5.66. The van der Waals surface area contributed by atoms with Gasteiger partial charge in [-0.15, -0.1) is 0 Å². The number of aliphatic hydroxyl groups excluding tert-OH is 1. The van der Waals surface area contributed by atoms with Gasteiger partial charge in [0.05, 0.1) is 17.7 Å². The predicted molar refractivity (Wildman–Crippen MR) is 110 cm³/mol. The van der Waals surface area contributed by atoms with Gasteiger partial charge in [0.1, 0.15) is 45.0 Å². The van der Waals surface area contributed by atoms with Crippen molar-refractivity contribution in [2.45, 2.75) is 6.54 Å². The van der Waals surface area contributed by atoms with E-state index in [-0.39, 0.29) is 23.9 Å². The molecule has 2 aliphatic heterocycles. The number of carbonyl (C=O) groups excluding carboxylic acids is 1. The lowest BCUT2D eigenvalue weighted by Gasteiger charge is -2.29.